The maximum absolute atomic E-state index is 9.54. The summed E-state index contributed by atoms with van der Waals surface area (Å²) >= 11 is 6.29. The van der Waals surface area contributed by atoms with Gasteiger partial charge in [0.15, 0.2) is 0 Å². The van der Waals surface area contributed by atoms with E-state index in [2.05, 4.69) is 9.97 Å². The van der Waals surface area contributed by atoms with Crippen LogP contribution < -0.4 is 10.5 Å². The summed E-state index contributed by atoms with van der Waals surface area (Å²) in [6, 6.07) is 9.33. The third kappa shape index (κ3) is 3.00. The molecule has 0 amide bonds. The largest absolute Gasteiger partial charge is 0.490 e. The summed E-state index contributed by atoms with van der Waals surface area (Å²) < 4.78 is 5.80. The van der Waals surface area contributed by atoms with E-state index in [1.54, 1.807) is 6.92 Å². The van der Waals surface area contributed by atoms with Crippen molar-refractivity contribution in [3.8, 4) is 16.9 Å². The second-order valence-electron chi connectivity index (χ2n) is 5.67. The van der Waals surface area contributed by atoms with Crippen molar-refractivity contribution in [2.24, 2.45) is 0 Å². The molecule has 0 saturated carbocycles. The fourth-order valence-corrected chi connectivity index (χ4v) is 2.78. The Labute approximate surface area is 145 Å². The van der Waals surface area contributed by atoms with Crippen LogP contribution in [0.15, 0.2) is 36.7 Å². The average Bonchev–Trinajstić information content (AvgIpc) is 2.55. The molecule has 6 heteroatoms. The molecule has 124 valence electrons. The van der Waals surface area contributed by atoms with Gasteiger partial charge in [-0.05, 0) is 43.2 Å². The summed E-state index contributed by atoms with van der Waals surface area (Å²) in [7, 11) is 0. The van der Waals surface area contributed by atoms with Crippen LogP contribution in [0, 0.1) is 6.92 Å². The van der Waals surface area contributed by atoms with Crippen molar-refractivity contribution in [2.45, 2.75) is 20.0 Å². The van der Waals surface area contributed by atoms with Gasteiger partial charge in [0.25, 0.3) is 0 Å². The summed E-state index contributed by atoms with van der Waals surface area (Å²) in [5.74, 6) is 1.02. The van der Waals surface area contributed by atoms with Crippen LogP contribution in [0.5, 0.6) is 5.75 Å². The highest BCUT2D eigenvalue weighted by atomic mass is 35.5. The number of hydrogen-bond donors (Lipinski definition) is 2. The minimum absolute atomic E-state index is 0.179. The molecule has 0 aliphatic heterocycles. The lowest BCUT2D eigenvalue weighted by atomic mass is 9.97. The highest BCUT2D eigenvalue weighted by Gasteiger charge is 2.17. The standard InChI is InChI=1S/C18H18ClN3O2/c1-10(23)8-24-15-7-6-13-17(21-9-22-18(13)20)16(15)12-4-3-5-14(19)11(12)2/h3-7,9-10,23H,8H2,1-2H3,(H2,20,21,22)/t10-/m1/s1. The fraction of sp³-hybridized carbons (Fsp3) is 0.222. The number of nitrogens with two attached hydrogens (primary N) is 1. The molecule has 0 saturated heterocycles. The quantitative estimate of drug-likeness (QED) is 0.756. The van der Waals surface area contributed by atoms with Gasteiger partial charge < -0.3 is 15.6 Å². The summed E-state index contributed by atoms with van der Waals surface area (Å²) in [6.07, 6.45) is 0.851. The number of hydrogen-bond acceptors (Lipinski definition) is 5. The molecule has 2 aromatic carbocycles. The van der Waals surface area contributed by atoms with Gasteiger partial charge in [-0.1, -0.05) is 23.7 Å². The molecule has 0 bridgehead atoms. The Kier molecular flexibility index (Phi) is 4.55. The molecule has 1 aromatic heterocycles. The second kappa shape index (κ2) is 6.63. The number of benzene rings is 2. The van der Waals surface area contributed by atoms with Crippen LogP contribution in [0.1, 0.15) is 12.5 Å². The molecule has 0 unspecified atom stereocenters. The predicted octanol–water partition coefficient (Wildman–Crippen LogP) is 3.60. The number of aromatic nitrogens is 2. The maximum Gasteiger partial charge on any atom is 0.134 e. The van der Waals surface area contributed by atoms with E-state index >= 15 is 0 Å². The topological polar surface area (TPSA) is 81.3 Å². The molecule has 24 heavy (non-hydrogen) atoms. The van der Waals surface area contributed by atoms with Crippen LogP contribution in [0.2, 0.25) is 5.02 Å². The van der Waals surface area contributed by atoms with Gasteiger partial charge >= 0.3 is 0 Å². The lowest BCUT2D eigenvalue weighted by Crippen LogP contribution is -2.13. The molecule has 3 N–H and O–H groups in total. The molecule has 3 rings (SSSR count). The molecular formula is C18H18ClN3O2. The van der Waals surface area contributed by atoms with Gasteiger partial charge in [0, 0.05) is 10.4 Å². The number of ether oxygens (including phenoxy) is 1. The first-order valence-electron chi connectivity index (χ1n) is 7.58. The zero-order chi connectivity index (χ0) is 17.3. The van der Waals surface area contributed by atoms with Crippen molar-refractivity contribution in [1.29, 1.82) is 0 Å². The first kappa shape index (κ1) is 16.5. The average molecular weight is 344 g/mol. The zero-order valence-corrected chi connectivity index (χ0v) is 14.2. The number of aliphatic hydroxyl groups excluding tert-OH is 1. The van der Waals surface area contributed by atoms with Crippen molar-refractivity contribution in [2.75, 3.05) is 12.3 Å². The van der Waals surface area contributed by atoms with E-state index in [9.17, 15) is 5.11 Å². The normalized spacial score (nSPS) is 12.3. The molecule has 5 nitrogen and oxygen atoms in total. The van der Waals surface area contributed by atoms with E-state index < -0.39 is 6.10 Å². The van der Waals surface area contributed by atoms with Crippen LogP contribution >= 0.6 is 11.6 Å². The van der Waals surface area contributed by atoms with Gasteiger partial charge in [-0.15, -0.1) is 0 Å². The Bertz CT molecular complexity index is 897. The van der Waals surface area contributed by atoms with E-state index in [0.717, 1.165) is 22.1 Å². The third-order valence-electron chi connectivity index (χ3n) is 3.82. The highest BCUT2D eigenvalue weighted by Crippen LogP contribution is 2.40. The zero-order valence-electron chi connectivity index (χ0n) is 13.5. The van der Waals surface area contributed by atoms with Crippen molar-refractivity contribution in [3.63, 3.8) is 0 Å². The maximum atomic E-state index is 9.54. The molecule has 0 spiro atoms. The van der Waals surface area contributed by atoms with Crippen LogP contribution in [-0.4, -0.2) is 27.8 Å². The van der Waals surface area contributed by atoms with E-state index in [-0.39, 0.29) is 6.61 Å². The van der Waals surface area contributed by atoms with Crippen LogP contribution in [-0.2, 0) is 0 Å². The van der Waals surface area contributed by atoms with Gasteiger partial charge in [-0.2, -0.15) is 0 Å². The lowest BCUT2D eigenvalue weighted by molar-refractivity contribution is 0.123. The van der Waals surface area contributed by atoms with Crippen LogP contribution in [0.3, 0.4) is 0 Å². The molecule has 0 aliphatic rings. The van der Waals surface area contributed by atoms with Gasteiger partial charge in [-0.25, -0.2) is 9.97 Å². The third-order valence-corrected chi connectivity index (χ3v) is 4.23. The Balaban J connectivity index is 2.30. The van der Waals surface area contributed by atoms with E-state index in [4.69, 9.17) is 22.1 Å². The number of fused-ring (bicyclic) bond motifs is 1. The van der Waals surface area contributed by atoms with Gasteiger partial charge in [0.1, 0.15) is 24.5 Å². The number of halogens is 1. The smallest absolute Gasteiger partial charge is 0.134 e. The van der Waals surface area contributed by atoms with Gasteiger partial charge in [0.2, 0.25) is 0 Å². The van der Waals surface area contributed by atoms with Gasteiger partial charge in [-0.3, -0.25) is 0 Å². The minimum atomic E-state index is -0.579. The minimum Gasteiger partial charge on any atom is -0.490 e. The van der Waals surface area contributed by atoms with E-state index in [0.29, 0.717) is 22.1 Å². The molecule has 1 heterocycles. The number of anilines is 1. The lowest BCUT2D eigenvalue weighted by Gasteiger charge is -2.17. The molecular weight excluding hydrogens is 326 g/mol. The van der Waals surface area contributed by atoms with E-state index in [1.165, 1.54) is 6.33 Å². The summed E-state index contributed by atoms with van der Waals surface area (Å²) in [5, 5.41) is 10.9. The van der Waals surface area contributed by atoms with Crippen LogP contribution in [0.25, 0.3) is 22.0 Å². The second-order valence-corrected chi connectivity index (χ2v) is 6.07. The summed E-state index contributed by atoms with van der Waals surface area (Å²) in [6.45, 7) is 3.80. The van der Waals surface area contributed by atoms with Crippen molar-refractivity contribution < 1.29 is 9.84 Å². The Morgan fingerprint density at radius 3 is 2.79 bits per heavy atom. The number of rotatable bonds is 4. The van der Waals surface area contributed by atoms with Crippen LogP contribution in [0.4, 0.5) is 5.82 Å². The SMILES string of the molecule is Cc1c(Cl)cccc1-c1c(OC[C@@H](C)O)ccc2c(N)ncnc12. The summed E-state index contributed by atoms with van der Waals surface area (Å²) in [5.41, 5.74) is 9.30. The van der Waals surface area contributed by atoms with Crippen molar-refractivity contribution in [1.82, 2.24) is 9.97 Å². The summed E-state index contributed by atoms with van der Waals surface area (Å²) in [4.78, 5) is 8.45. The van der Waals surface area contributed by atoms with E-state index in [1.807, 2.05) is 37.3 Å². The predicted molar refractivity (Wildman–Crippen MR) is 96.3 cm³/mol. The Morgan fingerprint density at radius 1 is 1.25 bits per heavy atom. The molecule has 1 atom stereocenters. The van der Waals surface area contributed by atoms with Crippen molar-refractivity contribution >= 4 is 28.3 Å². The molecule has 0 radical (unpaired) electrons. The monoisotopic (exact) mass is 343 g/mol. The first-order valence-corrected chi connectivity index (χ1v) is 7.96. The van der Waals surface area contributed by atoms with Gasteiger partial charge in [0.05, 0.1) is 17.2 Å². The Hall–Kier alpha value is -2.37. The first-order chi connectivity index (χ1) is 11.5. The highest BCUT2D eigenvalue weighted by molar-refractivity contribution is 6.31. The van der Waals surface area contributed by atoms with Crippen molar-refractivity contribution in [3.05, 3.63) is 47.2 Å². The fourth-order valence-electron chi connectivity index (χ4n) is 2.60. The molecule has 3 aromatic rings. The number of aliphatic hydroxyl groups is 1. The Morgan fingerprint density at radius 2 is 2.04 bits per heavy atom. The number of nitrogen functional groups attached to an aromatic ring is 1. The molecule has 0 aliphatic carbocycles. The number of nitrogens with zero attached hydrogens (tertiary/aromatic N) is 2. The molecule has 0 fully saturated rings.